The minimum absolute atomic E-state index is 0.918. The van der Waals surface area contributed by atoms with Crippen molar-refractivity contribution >= 4 is 5.82 Å². The summed E-state index contributed by atoms with van der Waals surface area (Å²) in [5.74, 6) is 0.918. The van der Waals surface area contributed by atoms with E-state index in [1.54, 1.807) is 0 Å². The van der Waals surface area contributed by atoms with Crippen LogP contribution in [0.1, 0.15) is 24.5 Å². The van der Waals surface area contributed by atoms with Crippen LogP contribution in [-0.2, 0) is 0 Å². The van der Waals surface area contributed by atoms with Gasteiger partial charge in [0, 0.05) is 18.2 Å². The number of rotatable bonds is 4. The van der Waals surface area contributed by atoms with E-state index < -0.39 is 0 Å². The number of hydrogen-bond acceptors (Lipinski definition) is 2. The topological polar surface area (TPSA) is 40.7 Å². The summed E-state index contributed by atoms with van der Waals surface area (Å²) in [6, 6.07) is 8.52. The van der Waals surface area contributed by atoms with E-state index >= 15 is 0 Å². The van der Waals surface area contributed by atoms with Crippen LogP contribution in [0.15, 0.2) is 24.3 Å². The molecule has 1 heterocycles. The van der Waals surface area contributed by atoms with Crippen LogP contribution in [0.5, 0.6) is 0 Å². The summed E-state index contributed by atoms with van der Waals surface area (Å²) in [5, 5.41) is 10.6. The molecule has 0 aliphatic heterocycles. The number of aromatic nitrogens is 2. The highest BCUT2D eigenvalue weighted by molar-refractivity contribution is 5.66. The first-order valence-electron chi connectivity index (χ1n) is 6.07. The molecule has 90 valence electrons. The first kappa shape index (κ1) is 11.7. The Labute approximate surface area is 102 Å². The van der Waals surface area contributed by atoms with Crippen LogP contribution < -0.4 is 5.32 Å². The molecule has 0 aliphatic carbocycles. The maximum absolute atomic E-state index is 4.26. The molecular weight excluding hydrogens is 210 g/mol. The number of H-pyrrole nitrogens is 1. The lowest BCUT2D eigenvalue weighted by molar-refractivity contribution is 0.961. The predicted octanol–water partition coefficient (Wildman–Crippen LogP) is 3.52. The van der Waals surface area contributed by atoms with Crippen molar-refractivity contribution in [3.05, 3.63) is 35.4 Å². The van der Waals surface area contributed by atoms with E-state index in [9.17, 15) is 0 Å². The SMILES string of the molecule is CCCNc1cc(-c2ccc(C)cc2C)[nH]n1. The van der Waals surface area contributed by atoms with Gasteiger partial charge in [0.1, 0.15) is 5.82 Å². The lowest BCUT2D eigenvalue weighted by Gasteiger charge is -2.03. The summed E-state index contributed by atoms with van der Waals surface area (Å²) < 4.78 is 0. The Hall–Kier alpha value is -1.77. The van der Waals surface area contributed by atoms with Crippen LogP contribution in [0.4, 0.5) is 5.82 Å². The van der Waals surface area contributed by atoms with Crippen molar-refractivity contribution in [1.29, 1.82) is 0 Å². The van der Waals surface area contributed by atoms with Gasteiger partial charge in [-0.2, -0.15) is 5.10 Å². The third-order valence-corrected chi connectivity index (χ3v) is 2.81. The molecule has 0 spiro atoms. The highest BCUT2D eigenvalue weighted by Crippen LogP contribution is 2.24. The second-order valence-corrected chi connectivity index (χ2v) is 4.41. The van der Waals surface area contributed by atoms with Gasteiger partial charge in [-0.15, -0.1) is 0 Å². The van der Waals surface area contributed by atoms with Crippen LogP contribution in [0, 0.1) is 13.8 Å². The average Bonchev–Trinajstić information content (AvgIpc) is 2.75. The summed E-state index contributed by atoms with van der Waals surface area (Å²) in [4.78, 5) is 0. The molecule has 0 saturated carbocycles. The van der Waals surface area contributed by atoms with Crippen molar-refractivity contribution in [2.24, 2.45) is 0 Å². The normalized spacial score (nSPS) is 10.5. The van der Waals surface area contributed by atoms with E-state index in [0.717, 1.165) is 24.5 Å². The van der Waals surface area contributed by atoms with E-state index in [2.05, 4.69) is 60.6 Å². The smallest absolute Gasteiger partial charge is 0.148 e. The summed E-state index contributed by atoms with van der Waals surface area (Å²) in [6.07, 6.45) is 1.10. The predicted molar refractivity (Wildman–Crippen MR) is 72.3 cm³/mol. The van der Waals surface area contributed by atoms with Crippen molar-refractivity contribution in [2.45, 2.75) is 27.2 Å². The highest BCUT2D eigenvalue weighted by atomic mass is 15.2. The number of anilines is 1. The standard InChI is InChI=1S/C14H19N3/c1-4-7-15-14-9-13(16-17-14)12-6-5-10(2)8-11(12)3/h5-6,8-9H,4,7H2,1-3H3,(H2,15,16,17). The third kappa shape index (κ3) is 2.67. The minimum Gasteiger partial charge on any atom is -0.369 e. The molecule has 1 aromatic heterocycles. The highest BCUT2D eigenvalue weighted by Gasteiger charge is 2.05. The zero-order chi connectivity index (χ0) is 12.3. The monoisotopic (exact) mass is 229 g/mol. The van der Waals surface area contributed by atoms with Gasteiger partial charge < -0.3 is 5.32 Å². The van der Waals surface area contributed by atoms with Crippen molar-refractivity contribution in [1.82, 2.24) is 10.2 Å². The molecule has 0 fully saturated rings. The van der Waals surface area contributed by atoms with Gasteiger partial charge >= 0.3 is 0 Å². The van der Waals surface area contributed by atoms with E-state index in [0.29, 0.717) is 0 Å². The maximum Gasteiger partial charge on any atom is 0.148 e. The number of benzene rings is 1. The minimum atomic E-state index is 0.918. The lowest BCUT2D eigenvalue weighted by atomic mass is 10.0. The molecule has 0 radical (unpaired) electrons. The van der Waals surface area contributed by atoms with Crippen molar-refractivity contribution in [3.8, 4) is 11.3 Å². The van der Waals surface area contributed by atoms with Gasteiger partial charge in [0.15, 0.2) is 0 Å². The van der Waals surface area contributed by atoms with Crippen LogP contribution in [0.3, 0.4) is 0 Å². The summed E-state index contributed by atoms with van der Waals surface area (Å²) >= 11 is 0. The fourth-order valence-electron chi connectivity index (χ4n) is 1.92. The van der Waals surface area contributed by atoms with Gasteiger partial charge in [0.25, 0.3) is 0 Å². The first-order chi connectivity index (χ1) is 8.20. The van der Waals surface area contributed by atoms with Crippen molar-refractivity contribution in [2.75, 3.05) is 11.9 Å². The first-order valence-corrected chi connectivity index (χ1v) is 6.07. The quantitative estimate of drug-likeness (QED) is 0.842. The van der Waals surface area contributed by atoms with Crippen molar-refractivity contribution in [3.63, 3.8) is 0 Å². The molecule has 3 heteroatoms. The zero-order valence-corrected chi connectivity index (χ0v) is 10.7. The molecule has 0 saturated heterocycles. The lowest BCUT2D eigenvalue weighted by Crippen LogP contribution is -1.99. The molecular formula is C14H19N3. The summed E-state index contributed by atoms with van der Waals surface area (Å²) in [7, 11) is 0. The molecule has 0 atom stereocenters. The molecule has 0 bridgehead atoms. The molecule has 17 heavy (non-hydrogen) atoms. The number of nitrogens with one attached hydrogen (secondary N) is 2. The largest absolute Gasteiger partial charge is 0.369 e. The Kier molecular flexibility index (Phi) is 3.47. The molecule has 2 aromatic rings. The third-order valence-electron chi connectivity index (χ3n) is 2.81. The second kappa shape index (κ2) is 5.04. The van der Waals surface area contributed by atoms with Crippen LogP contribution in [0.25, 0.3) is 11.3 Å². The summed E-state index contributed by atoms with van der Waals surface area (Å²) in [5.41, 5.74) is 4.85. The number of aryl methyl sites for hydroxylation is 2. The molecule has 0 aliphatic rings. The molecule has 2 rings (SSSR count). The van der Waals surface area contributed by atoms with Crippen LogP contribution in [0.2, 0.25) is 0 Å². The van der Waals surface area contributed by atoms with Crippen LogP contribution >= 0.6 is 0 Å². The summed E-state index contributed by atoms with van der Waals surface area (Å²) in [6.45, 7) is 7.34. The number of hydrogen-bond donors (Lipinski definition) is 2. The Balaban J connectivity index is 2.24. The van der Waals surface area contributed by atoms with E-state index in [1.165, 1.54) is 16.7 Å². The van der Waals surface area contributed by atoms with Gasteiger partial charge in [-0.25, -0.2) is 0 Å². The Bertz CT molecular complexity index is 500. The van der Waals surface area contributed by atoms with E-state index in [1.807, 2.05) is 0 Å². The van der Waals surface area contributed by atoms with Gasteiger partial charge in [0.2, 0.25) is 0 Å². The van der Waals surface area contributed by atoms with E-state index in [4.69, 9.17) is 0 Å². The molecule has 0 amide bonds. The average molecular weight is 229 g/mol. The maximum atomic E-state index is 4.26. The molecule has 2 N–H and O–H groups in total. The fourth-order valence-corrected chi connectivity index (χ4v) is 1.92. The van der Waals surface area contributed by atoms with Gasteiger partial charge in [0.05, 0.1) is 5.69 Å². The fraction of sp³-hybridized carbons (Fsp3) is 0.357. The number of nitrogens with zero attached hydrogens (tertiary/aromatic N) is 1. The van der Waals surface area contributed by atoms with Gasteiger partial charge in [-0.3, -0.25) is 5.10 Å². The Morgan fingerprint density at radius 3 is 2.76 bits per heavy atom. The van der Waals surface area contributed by atoms with Crippen molar-refractivity contribution < 1.29 is 0 Å². The molecule has 3 nitrogen and oxygen atoms in total. The Morgan fingerprint density at radius 1 is 1.24 bits per heavy atom. The van der Waals surface area contributed by atoms with Gasteiger partial charge in [-0.05, 0) is 25.8 Å². The molecule has 0 unspecified atom stereocenters. The number of aromatic amines is 1. The Morgan fingerprint density at radius 2 is 2.06 bits per heavy atom. The second-order valence-electron chi connectivity index (χ2n) is 4.41. The van der Waals surface area contributed by atoms with E-state index in [-0.39, 0.29) is 0 Å². The molecule has 1 aromatic carbocycles. The zero-order valence-electron chi connectivity index (χ0n) is 10.7. The van der Waals surface area contributed by atoms with Crippen LogP contribution in [-0.4, -0.2) is 16.7 Å². The van der Waals surface area contributed by atoms with Gasteiger partial charge in [-0.1, -0.05) is 30.7 Å².